The average Bonchev–Trinajstić information content (AvgIpc) is 2.45. The first-order chi connectivity index (χ1) is 6.65. The van der Waals surface area contributed by atoms with Gasteiger partial charge in [0.2, 0.25) is 0 Å². The summed E-state index contributed by atoms with van der Waals surface area (Å²) in [6, 6.07) is 1.77. The standard InChI is InChI=1S/C9H13BrN2O2/c1-6-5-7(10)14-8(6)9(13)12-4-3-11-2/h5,11H,3-4H2,1-2H3,(H,12,13). The van der Waals surface area contributed by atoms with Crippen molar-refractivity contribution >= 4 is 21.8 Å². The Morgan fingerprint density at radius 1 is 1.57 bits per heavy atom. The minimum Gasteiger partial charge on any atom is -0.444 e. The number of halogens is 1. The minimum absolute atomic E-state index is 0.177. The number of rotatable bonds is 4. The lowest BCUT2D eigenvalue weighted by atomic mass is 10.3. The van der Waals surface area contributed by atoms with E-state index in [1.54, 1.807) is 6.07 Å². The Labute approximate surface area is 91.2 Å². The predicted molar refractivity (Wildman–Crippen MR) is 57.4 cm³/mol. The van der Waals surface area contributed by atoms with Crippen LogP contribution < -0.4 is 10.6 Å². The smallest absolute Gasteiger partial charge is 0.287 e. The summed E-state index contributed by atoms with van der Waals surface area (Å²) in [5, 5.41) is 5.68. The lowest BCUT2D eigenvalue weighted by Gasteiger charge is -2.02. The van der Waals surface area contributed by atoms with Crippen LogP contribution in [0.25, 0.3) is 0 Å². The van der Waals surface area contributed by atoms with Crippen molar-refractivity contribution in [3.8, 4) is 0 Å². The number of hydrogen-bond donors (Lipinski definition) is 2. The van der Waals surface area contributed by atoms with Gasteiger partial charge in [0.05, 0.1) is 0 Å². The molecule has 0 atom stereocenters. The molecule has 0 spiro atoms. The molecule has 0 saturated carbocycles. The molecule has 0 aliphatic carbocycles. The first-order valence-corrected chi connectivity index (χ1v) is 5.13. The molecule has 1 aromatic rings. The number of carbonyl (C=O) groups is 1. The van der Waals surface area contributed by atoms with Gasteiger partial charge in [0.1, 0.15) is 0 Å². The van der Waals surface area contributed by atoms with Crippen molar-refractivity contribution in [3.63, 3.8) is 0 Å². The second-order valence-corrected chi connectivity index (χ2v) is 3.70. The number of amides is 1. The Balaban J connectivity index is 2.56. The molecule has 1 rings (SSSR count). The molecule has 78 valence electrons. The van der Waals surface area contributed by atoms with Crippen molar-refractivity contribution in [1.29, 1.82) is 0 Å². The highest BCUT2D eigenvalue weighted by Crippen LogP contribution is 2.19. The number of hydrogen-bond acceptors (Lipinski definition) is 3. The van der Waals surface area contributed by atoms with E-state index < -0.39 is 0 Å². The molecule has 5 heteroatoms. The van der Waals surface area contributed by atoms with Gasteiger partial charge in [-0.1, -0.05) is 0 Å². The molecule has 0 aliphatic rings. The number of aryl methyl sites for hydroxylation is 1. The van der Waals surface area contributed by atoms with Crippen LogP contribution in [0.3, 0.4) is 0 Å². The maximum atomic E-state index is 11.5. The van der Waals surface area contributed by atoms with E-state index in [9.17, 15) is 4.79 Å². The topological polar surface area (TPSA) is 54.3 Å². The molecule has 2 N–H and O–H groups in total. The highest BCUT2D eigenvalue weighted by Gasteiger charge is 2.13. The van der Waals surface area contributed by atoms with Gasteiger partial charge in [-0.2, -0.15) is 0 Å². The van der Waals surface area contributed by atoms with Crippen LogP contribution in [0.5, 0.6) is 0 Å². The molecule has 14 heavy (non-hydrogen) atoms. The van der Waals surface area contributed by atoms with E-state index in [1.807, 2.05) is 14.0 Å². The third-order valence-electron chi connectivity index (χ3n) is 1.75. The molecule has 1 aromatic heterocycles. The van der Waals surface area contributed by atoms with Crippen LogP contribution in [-0.4, -0.2) is 26.0 Å². The van der Waals surface area contributed by atoms with Crippen molar-refractivity contribution in [2.75, 3.05) is 20.1 Å². The van der Waals surface area contributed by atoms with Gasteiger partial charge in [0, 0.05) is 18.7 Å². The van der Waals surface area contributed by atoms with E-state index >= 15 is 0 Å². The van der Waals surface area contributed by atoms with Gasteiger partial charge in [-0.05, 0) is 36.0 Å². The van der Waals surface area contributed by atoms with Crippen LogP contribution in [-0.2, 0) is 0 Å². The number of furan rings is 1. The molecule has 1 heterocycles. The third kappa shape index (κ3) is 2.85. The monoisotopic (exact) mass is 260 g/mol. The molecule has 0 radical (unpaired) electrons. The van der Waals surface area contributed by atoms with Crippen LogP contribution in [0.1, 0.15) is 16.1 Å². The zero-order valence-corrected chi connectivity index (χ0v) is 9.77. The van der Waals surface area contributed by atoms with Gasteiger partial charge in [-0.3, -0.25) is 4.79 Å². The number of likely N-dealkylation sites (N-methyl/N-ethyl adjacent to an activating group) is 1. The number of nitrogens with one attached hydrogen (secondary N) is 2. The number of carbonyl (C=O) groups excluding carboxylic acids is 1. The molecule has 4 nitrogen and oxygen atoms in total. The largest absolute Gasteiger partial charge is 0.444 e. The van der Waals surface area contributed by atoms with Crippen molar-refractivity contribution in [1.82, 2.24) is 10.6 Å². The first-order valence-electron chi connectivity index (χ1n) is 4.34. The minimum atomic E-state index is -0.177. The van der Waals surface area contributed by atoms with Crippen molar-refractivity contribution < 1.29 is 9.21 Å². The fourth-order valence-corrected chi connectivity index (χ4v) is 1.56. The van der Waals surface area contributed by atoms with E-state index in [4.69, 9.17) is 4.42 Å². The molecule has 0 aromatic carbocycles. The molecular weight excluding hydrogens is 248 g/mol. The van der Waals surface area contributed by atoms with Gasteiger partial charge in [0.15, 0.2) is 10.4 Å². The summed E-state index contributed by atoms with van der Waals surface area (Å²) in [5.41, 5.74) is 0.832. The third-order valence-corrected chi connectivity index (χ3v) is 2.15. The van der Waals surface area contributed by atoms with E-state index in [0.717, 1.165) is 12.1 Å². The average molecular weight is 261 g/mol. The summed E-state index contributed by atoms with van der Waals surface area (Å²) in [6.45, 7) is 3.17. The fraction of sp³-hybridized carbons (Fsp3) is 0.444. The van der Waals surface area contributed by atoms with Gasteiger partial charge in [-0.25, -0.2) is 0 Å². The van der Waals surface area contributed by atoms with Crippen LogP contribution in [0.2, 0.25) is 0 Å². The Hall–Kier alpha value is -0.810. The highest BCUT2D eigenvalue weighted by molar-refractivity contribution is 9.10. The van der Waals surface area contributed by atoms with Crippen LogP contribution in [0.15, 0.2) is 15.2 Å². The summed E-state index contributed by atoms with van der Waals surface area (Å²) < 4.78 is 5.77. The Morgan fingerprint density at radius 3 is 2.79 bits per heavy atom. The maximum absolute atomic E-state index is 11.5. The zero-order valence-electron chi connectivity index (χ0n) is 8.19. The predicted octanol–water partition coefficient (Wildman–Crippen LogP) is 1.30. The molecule has 0 bridgehead atoms. The van der Waals surface area contributed by atoms with Crippen LogP contribution in [0, 0.1) is 6.92 Å². The van der Waals surface area contributed by atoms with Gasteiger partial charge < -0.3 is 15.1 Å². The second kappa shape index (κ2) is 5.17. The van der Waals surface area contributed by atoms with Gasteiger partial charge >= 0.3 is 0 Å². The van der Waals surface area contributed by atoms with E-state index in [0.29, 0.717) is 17.0 Å². The van der Waals surface area contributed by atoms with Gasteiger partial charge in [-0.15, -0.1) is 0 Å². The zero-order chi connectivity index (χ0) is 10.6. The molecular formula is C9H13BrN2O2. The normalized spacial score (nSPS) is 10.2. The van der Waals surface area contributed by atoms with Crippen molar-refractivity contribution in [3.05, 3.63) is 22.1 Å². The maximum Gasteiger partial charge on any atom is 0.287 e. The van der Waals surface area contributed by atoms with E-state index in [2.05, 4.69) is 26.6 Å². The SMILES string of the molecule is CNCCNC(=O)c1oc(Br)cc1C. The van der Waals surface area contributed by atoms with E-state index in [-0.39, 0.29) is 5.91 Å². The van der Waals surface area contributed by atoms with Crippen LogP contribution in [0.4, 0.5) is 0 Å². The quantitative estimate of drug-likeness (QED) is 0.803. The Morgan fingerprint density at radius 2 is 2.29 bits per heavy atom. The van der Waals surface area contributed by atoms with Gasteiger partial charge in [0.25, 0.3) is 5.91 Å². The lowest BCUT2D eigenvalue weighted by Crippen LogP contribution is -2.30. The summed E-state index contributed by atoms with van der Waals surface area (Å²) in [4.78, 5) is 11.5. The highest BCUT2D eigenvalue weighted by atomic mass is 79.9. The summed E-state index contributed by atoms with van der Waals surface area (Å²) in [7, 11) is 1.83. The summed E-state index contributed by atoms with van der Waals surface area (Å²) in [5.74, 6) is 0.191. The molecule has 0 unspecified atom stereocenters. The second-order valence-electron chi connectivity index (χ2n) is 2.92. The first kappa shape index (κ1) is 11.3. The molecule has 0 saturated heterocycles. The lowest BCUT2D eigenvalue weighted by molar-refractivity contribution is 0.0924. The van der Waals surface area contributed by atoms with Crippen LogP contribution >= 0.6 is 15.9 Å². The summed E-state index contributed by atoms with van der Waals surface area (Å²) >= 11 is 3.17. The fourth-order valence-electron chi connectivity index (χ4n) is 1.05. The summed E-state index contributed by atoms with van der Waals surface area (Å²) in [6.07, 6.45) is 0. The van der Waals surface area contributed by atoms with Crippen molar-refractivity contribution in [2.24, 2.45) is 0 Å². The molecule has 0 fully saturated rings. The van der Waals surface area contributed by atoms with E-state index in [1.165, 1.54) is 0 Å². The Bertz CT molecular complexity index is 323. The Kier molecular flexibility index (Phi) is 4.16. The van der Waals surface area contributed by atoms with Crippen molar-refractivity contribution in [2.45, 2.75) is 6.92 Å². The molecule has 1 amide bonds. The molecule has 0 aliphatic heterocycles.